The summed E-state index contributed by atoms with van der Waals surface area (Å²) in [7, 11) is 0. The molecule has 80 valence electrons. The van der Waals surface area contributed by atoms with Gasteiger partial charge in [0.1, 0.15) is 6.29 Å². The summed E-state index contributed by atoms with van der Waals surface area (Å²) < 4.78 is 11.2. The molecule has 0 amide bonds. The number of carbonyl (C=O) groups is 1. The summed E-state index contributed by atoms with van der Waals surface area (Å²) in [5.74, 6) is 0. The van der Waals surface area contributed by atoms with E-state index in [1.165, 1.54) is 0 Å². The van der Waals surface area contributed by atoms with E-state index >= 15 is 0 Å². The smallest absolute Gasteiger partial charge is 0.120 e. The lowest BCUT2D eigenvalue weighted by atomic mass is 10.0. The maximum atomic E-state index is 10.3. The molecule has 0 aliphatic carbocycles. The molecule has 0 radical (unpaired) electrons. The van der Waals surface area contributed by atoms with E-state index in [-0.39, 0.29) is 12.2 Å². The Morgan fingerprint density at radius 1 is 1.57 bits per heavy atom. The molecule has 0 aromatic rings. The van der Waals surface area contributed by atoms with Gasteiger partial charge in [-0.15, -0.1) is 6.58 Å². The Hall–Kier alpha value is -0.670. The van der Waals surface area contributed by atoms with Crippen LogP contribution in [0.4, 0.5) is 0 Å². The molecule has 0 aromatic heterocycles. The second-order valence-electron chi connectivity index (χ2n) is 3.46. The van der Waals surface area contributed by atoms with Crippen molar-refractivity contribution in [2.75, 3.05) is 13.2 Å². The lowest BCUT2D eigenvalue weighted by Gasteiger charge is -2.31. The zero-order valence-corrected chi connectivity index (χ0v) is 8.48. The molecule has 1 fully saturated rings. The van der Waals surface area contributed by atoms with Crippen molar-refractivity contribution in [3.63, 3.8) is 0 Å². The number of carbonyl (C=O) groups excluding carboxylic acids is 1. The quantitative estimate of drug-likeness (QED) is 0.481. The summed E-state index contributed by atoms with van der Waals surface area (Å²) in [5.41, 5.74) is 0. The number of ether oxygens (including phenoxy) is 2. The topological polar surface area (TPSA) is 35.5 Å². The van der Waals surface area contributed by atoms with Gasteiger partial charge in [0.05, 0.1) is 18.8 Å². The second kappa shape index (κ2) is 6.74. The monoisotopic (exact) mass is 198 g/mol. The Bertz CT molecular complexity index is 159. The summed E-state index contributed by atoms with van der Waals surface area (Å²) in [5, 5.41) is 0. The van der Waals surface area contributed by atoms with E-state index in [1.807, 2.05) is 0 Å². The Morgan fingerprint density at radius 2 is 2.43 bits per heavy atom. The molecule has 1 aliphatic heterocycles. The molecule has 0 unspecified atom stereocenters. The SMILES string of the molecule is C=CCO[C@H]1CCCO[C@@H]1CCC=O. The van der Waals surface area contributed by atoms with E-state index < -0.39 is 0 Å². The first-order chi connectivity index (χ1) is 6.88. The van der Waals surface area contributed by atoms with Crippen LogP contribution in [0.25, 0.3) is 0 Å². The Labute approximate surface area is 85.1 Å². The van der Waals surface area contributed by atoms with Gasteiger partial charge in [-0.25, -0.2) is 0 Å². The van der Waals surface area contributed by atoms with Crippen LogP contribution < -0.4 is 0 Å². The highest BCUT2D eigenvalue weighted by molar-refractivity contribution is 5.49. The molecule has 0 aromatic carbocycles. The first kappa shape index (κ1) is 11.4. The van der Waals surface area contributed by atoms with Gasteiger partial charge in [-0.2, -0.15) is 0 Å². The molecular weight excluding hydrogens is 180 g/mol. The van der Waals surface area contributed by atoms with Crippen LogP contribution in [0.2, 0.25) is 0 Å². The van der Waals surface area contributed by atoms with Crippen molar-refractivity contribution in [3.8, 4) is 0 Å². The van der Waals surface area contributed by atoms with Crippen molar-refractivity contribution in [1.29, 1.82) is 0 Å². The third-order valence-corrected chi connectivity index (χ3v) is 2.38. The predicted molar refractivity (Wildman–Crippen MR) is 54.2 cm³/mol. The van der Waals surface area contributed by atoms with Crippen molar-refractivity contribution in [2.45, 2.75) is 37.9 Å². The van der Waals surface area contributed by atoms with Crippen molar-refractivity contribution >= 4 is 6.29 Å². The minimum absolute atomic E-state index is 0.0916. The highest BCUT2D eigenvalue weighted by Gasteiger charge is 2.25. The third kappa shape index (κ3) is 3.60. The maximum Gasteiger partial charge on any atom is 0.120 e. The van der Waals surface area contributed by atoms with Crippen LogP contribution in [0, 0.1) is 0 Å². The van der Waals surface area contributed by atoms with E-state index in [9.17, 15) is 4.79 Å². The number of rotatable bonds is 6. The largest absolute Gasteiger partial charge is 0.376 e. The van der Waals surface area contributed by atoms with Crippen LogP contribution in [0.1, 0.15) is 25.7 Å². The average Bonchev–Trinajstić information content (AvgIpc) is 2.24. The summed E-state index contributed by atoms with van der Waals surface area (Å²) in [6, 6.07) is 0. The Balaban J connectivity index is 2.33. The molecule has 1 rings (SSSR count). The highest BCUT2D eigenvalue weighted by atomic mass is 16.5. The van der Waals surface area contributed by atoms with E-state index in [2.05, 4.69) is 6.58 Å². The molecule has 1 heterocycles. The van der Waals surface area contributed by atoms with Gasteiger partial charge in [0.15, 0.2) is 0 Å². The molecule has 1 saturated heterocycles. The summed E-state index contributed by atoms with van der Waals surface area (Å²) in [6.07, 6.45) is 6.30. The summed E-state index contributed by atoms with van der Waals surface area (Å²) >= 11 is 0. The van der Waals surface area contributed by atoms with E-state index in [0.717, 1.165) is 32.2 Å². The maximum absolute atomic E-state index is 10.3. The van der Waals surface area contributed by atoms with Crippen molar-refractivity contribution in [1.82, 2.24) is 0 Å². The van der Waals surface area contributed by atoms with Crippen LogP contribution >= 0.6 is 0 Å². The van der Waals surface area contributed by atoms with Gasteiger partial charge in [0.2, 0.25) is 0 Å². The van der Waals surface area contributed by atoms with Gasteiger partial charge < -0.3 is 14.3 Å². The number of aldehydes is 1. The van der Waals surface area contributed by atoms with Gasteiger partial charge in [-0.1, -0.05) is 6.08 Å². The normalized spacial score (nSPS) is 27.1. The van der Waals surface area contributed by atoms with Crippen LogP contribution in [0.5, 0.6) is 0 Å². The Morgan fingerprint density at radius 3 is 3.14 bits per heavy atom. The van der Waals surface area contributed by atoms with Gasteiger partial charge in [-0.05, 0) is 19.3 Å². The minimum Gasteiger partial charge on any atom is -0.376 e. The van der Waals surface area contributed by atoms with Crippen LogP contribution in [0.3, 0.4) is 0 Å². The van der Waals surface area contributed by atoms with E-state index in [1.54, 1.807) is 6.08 Å². The van der Waals surface area contributed by atoms with Crippen molar-refractivity contribution in [2.24, 2.45) is 0 Å². The summed E-state index contributed by atoms with van der Waals surface area (Å²) in [4.78, 5) is 10.3. The molecule has 2 atom stereocenters. The second-order valence-corrected chi connectivity index (χ2v) is 3.46. The predicted octanol–water partition coefficient (Wildman–Crippen LogP) is 1.72. The highest BCUT2D eigenvalue weighted by Crippen LogP contribution is 2.20. The van der Waals surface area contributed by atoms with Gasteiger partial charge in [0, 0.05) is 13.0 Å². The summed E-state index contributed by atoms with van der Waals surface area (Å²) in [6.45, 7) is 4.96. The van der Waals surface area contributed by atoms with Crippen LogP contribution in [-0.2, 0) is 14.3 Å². The molecule has 0 saturated carbocycles. The van der Waals surface area contributed by atoms with Gasteiger partial charge in [0.25, 0.3) is 0 Å². The fourth-order valence-corrected chi connectivity index (χ4v) is 1.70. The van der Waals surface area contributed by atoms with Crippen molar-refractivity contribution < 1.29 is 14.3 Å². The zero-order valence-electron chi connectivity index (χ0n) is 8.48. The zero-order chi connectivity index (χ0) is 10.2. The molecule has 3 heteroatoms. The molecule has 0 spiro atoms. The lowest BCUT2D eigenvalue weighted by molar-refractivity contribution is -0.114. The fraction of sp³-hybridized carbons (Fsp3) is 0.727. The third-order valence-electron chi connectivity index (χ3n) is 2.38. The molecule has 14 heavy (non-hydrogen) atoms. The number of hydrogen-bond acceptors (Lipinski definition) is 3. The Kier molecular flexibility index (Phi) is 5.49. The van der Waals surface area contributed by atoms with Crippen molar-refractivity contribution in [3.05, 3.63) is 12.7 Å². The lowest BCUT2D eigenvalue weighted by Crippen LogP contribution is -2.36. The first-order valence-electron chi connectivity index (χ1n) is 5.16. The van der Waals surface area contributed by atoms with Crippen LogP contribution in [-0.4, -0.2) is 31.7 Å². The molecule has 3 nitrogen and oxygen atoms in total. The molecule has 1 aliphatic rings. The number of hydrogen-bond donors (Lipinski definition) is 0. The van der Waals surface area contributed by atoms with Gasteiger partial charge >= 0.3 is 0 Å². The van der Waals surface area contributed by atoms with Gasteiger partial charge in [-0.3, -0.25) is 0 Å². The van der Waals surface area contributed by atoms with E-state index in [4.69, 9.17) is 9.47 Å². The average molecular weight is 198 g/mol. The first-order valence-corrected chi connectivity index (χ1v) is 5.16. The molecular formula is C11H18O3. The van der Waals surface area contributed by atoms with E-state index in [0.29, 0.717) is 13.0 Å². The standard InChI is InChI=1S/C11H18O3/c1-2-8-13-11-6-4-9-14-10(11)5-3-7-12/h2,7,10-11H,1,3-6,8-9H2/t10-,11+/m1/s1. The molecule has 0 bridgehead atoms. The van der Waals surface area contributed by atoms with Crippen LogP contribution in [0.15, 0.2) is 12.7 Å². The fourth-order valence-electron chi connectivity index (χ4n) is 1.70. The minimum atomic E-state index is 0.0916. The molecule has 0 N–H and O–H groups in total.